The van der Waals surface area contributed by atoms with Gasteiger partial charge in [0.1, 0.15) is 78.1 Å². The summed E-state index contributed by atoms with van der Waals surface area (Å²) in [5.41, 5.74) is 45.0. The van der Waals surface area contributed by atoms with Gasteiger partial charge < -0.3 is 27.5 Å². The van der Waals surface area contributed by atoms with E-state index in [0.29, 0.717) is 51.1 Å². The first-order chi connectivity index (χ1) is 59.6. The number of hydrogen-bond donors (Lipinski definition) is 4. The predicted octanol–water partition coefficient (Wildman–Crippen LogP) is 13.6. The van der Waals surface area contributed by atoms with E-state index in [1.165, 1.54) is 24.8 Å². The number of benzene rings is 1. The zero-order valence-electron chi connectivity index (χ0n) is 66.4. The molecule has 0 unspecified atom stereocenters. The summed E-state index contributed by atoms with van der Waals surface area (Å²) in [4.78, 5) is 111. The molecular weight excluding hydrogens is 1590 g/mol. The van der Waals surface area contributed by atoms with Crippen LogP contribution in [0.3, 0.4) is 0 Å². The largest absolute Gasteiger partial charge is 0.364 e. The lowest BCUT2D eigenvalue weighted by Gasteiger charge is -2.12. The van der Waals surface area contributed by atoms with Crippen LogP contribution in [0.5, 0.6) is 0 Å². The summed E-state index contributed by atoms with van der Waals surface area (Å²) in [6, 6.07) is 50.9. The first kappa shape index (κ1) is 78.8. The fourth-order valence-electron chi connectivity index (χ4n) is 14.1. The quantitative estimate of drug-likeness (QED) is 0.0693. The number of carbonyl (C=O) groups is 5. The van der Waals surface area contributed by atoms with Crippen LogP contribution < -0.4 is 22.9 Å². The van der Waals surface area contributed by atoms with Crippen LogP contribution in [0.25, 0.3) is 139 Å². The van der Waals surface area contributed by atoms with Crippen molar-refractivity contribution in [3.8, 4) is 100 Å². The van der Waals surface area contributed by atoms with Crippen molar-refractivity contribution in [2.75, 3.05) is 0 Å². The number of aryl methyl sites for hydroxylation is 5. The van der Waals surface area contributed by atoms with E-state index in [1.807, 2.05) is 231 Å². The molecule has 0 bridgehead atoms. The number of rotatable bonds is 15. The maximum atomic E-state index is 12.0. The Bertz CT molecular complexity index is 7240. The summed E-state index contributed by atoms with van der Waals surface area (Å²) >= 11 is 3.14. The summed E-state index contributed by atoms with van der Waals surface area (Å²) in [7, 11) is 3.73. The number of aromatic nitrogens is 23. The van der Waals surface area contributed by atoms with E-state index in [1.54, 1.807) is 100 Å². The summed E-state index contributed by atoms with van der Waals surface area (Å²) < 4.78 is 16.1. The van der Waals surface area contributed by atoms with E-state index in [-0.39, 0.29) is 5.78 Å². The standard InChI is InChI=1S/C23H18N4O.C17H14N6O.2C17H13N5OS.C15H13N7O/c1-15-6-5-8-19(25-15)21-12-17-7-3-4-9-20(17)27(21)18-10-11-23-24-13-22(16(2)28)26(23)14-18;1-22-8-6-13(21-22)12-3-2-7-19-16(12)11-4-5-15-20-9-14(17(18)24)23(15)10-11;1-10-9-24-17(21-10)12-3-2-6-19-15(12)11-4-5-14-20-7-13(16(18)23)22(14)8-11;1-10-9-24-17(21-10)15-12(3-2-6-19-15)11-4-5-14-20-7-13(16(18)23)22(14)8-11;1-20-5-4-11(19-20)12-6-17-9-22(12)10-2-3-14-18-7-13(15(16)23)21(14)8-10/h3-14H,1-2H3;2-10H,1H3,(H2,18,24);2*2-9H,1H3,(H2,18,23);2-9H,1H3,(H2,16,23). The Kier molecular flexibility index (Phi) is 21.3. The lowest BCUT2D eigenvalue weighted by molar-refractivity contribution is 0.0986. The van der Waals surface area contributed by atoms with Crippen molar-refractivity contribution in [1.29, 1.82) is 0 Å². The number of imidazole rings is 6. The lowest BCUT2D eigenvalue weighted by Crippen LogP contribution is -2.13. The molecule has 0 aliphatic rings. The Morgan fingerprint density at radius 2 is 0.837 bits per heavy atom. The number of ketones is 1. The van der Waals surface area contributed by atoms with Crippen LogP contribution >= 0.6 is 22.7 Å². The van der Waals surface area contributed by atoms with Gasteiger partial charge >= 0.3 is 0 Å². The van der Waals surface area contributed by atoms with Gasteiger partial charge in [-0.15, -0.1) is 22.7 Å². The van der Waals surface area contributed by atoms with Gasteiger partial charge in [-0.1, -0.05) is 30.3 Å². The number of nitrogens with two attached hydrogens (primary N) is 4. The molecule has 0 radical (unpaired) electrons. The van der Waals surface area contributed by atoms with Crippen LogP contribution in [-0.2, 0) is 14.1 Å². The van der Waals surface area contributed by atoms with Gasteiger partial charge in [0.2, 0.25) is 0 Å². The van der Waals surface area contributed by atoms with Gasteiger partial charge in [-0.2, -0.15) is 10.2 Å². The molecule has 0 atom stereocenters. The van der Waals surface area contributed by atoms with E-state index in [4.69, 9.17) is 27.9 Å². The number of nitrogens with zero attached hydrogens (tertiary/aromatic N) is 23. The molecule has 123 heavy (non-hydrogen) atoms. The van der Waals surface area contributed by atoms with E-state index in [0.717, 1.165) is 134 Å². The number of primary amides is 4. The van der Waals surface area contributed by atoms with Gasteiger partial charge in [-0.25, -0.2) is 39.9 Å². The fourth-order valence-corrected chi connectivity index (χ4v) is 15.7. The highest BCUT2D eigenvalue weighted by Crippen LogP contribution is 2.37. The molecule has 21 aromatic rings. The van der Waals surface area contributed by atoms with Crippen LogP contribution in [0.2, 0.25) is 0 Å². The predicted molar refractivity (Wildman–Crippen MR) is 468 cm³/mol. The second-order valence-corrected chi connectivity index (χ2v) is 29.9. The van der Waals surface area contributed by atoms with Gasteiger partial charge in [-0.3, -0.25) is 79.8 Å². The zero-order chi connectivity index (χ0) is 85.3. The highest BCUT2D eigenvalue weighted by molar-refractivity contribution is 7.13. The zero-order valence-corrected chi connectivity index (χ0v) is 68.1. The molecule has 1 aromatic carbocycles. The molecule has 34 heteroatoms. The third-order valence-corrected chi connectivity index (χ3v) is 21.8. The second-order valence-electron chi connectivity index (χ2n) is 28.2. The smallest absolute Gasteiger partial charge is 0.267 e. The fraction of sp³-hybridized carbons (Fsp3) is 0.0674. The second kappa shape index (κ2) is 33.3. The highest BCUT2D eigenvalue weighted by atomic mass is 32.1. The third kappa shape index (κ3) is 15.9. The first-order valence-corrected chi connectivity index (χ1v) is 39.8. The van der Waals surface area contributed by atoms with Gasteiger partial charge in [0.25, 0.3) is 23.6 Å². The molecule has 604 valence electrons. The molecule has 4 amide bonds. The topological polar surface area (TPSA) is 412 Å². The number of Topliss-reactive ketones (excluding diaryl/α,β-unsaturated/α-hetero) is 1. The molecule has 21 rings (SSSR count). The number of para-hydroxylation sites is 1. The molecule has 0 aliphatic heterocycles. The van der Waals surface area contributed by atoms with Crippen molar-refractivity contribution in [2.45, 2.75) is 27.7 Å². The molecule has 0 saturated carbocycles. The van der Waals surface area contributed by atoms with Crippen LogP contribution in [0.4, 0.5) is 0 Å². The van der Waals surface area contributed by atoms with Crippen LogP contribution in [0.1, 0.15) is 76.4 Å². The third-order valence-electron chi connectivity index (χ3n) is 19.8. The average Bonchev–Trinajstić information content (AvgIpc) is 1.62. The minimum absolute atomic E-state index is 0.0115. The minimum Gasteiger partial charge on any atom is -0.364 e. The van der Waals surface area contributed by atoms with Gasteiger partial charge in [0.15, 0.2) is 5.78 Å². The van der Waals surface area contributed by atoms with Crippen molar-refractivity contribution in [3.05, 3.63) is 320 Å². The number of amides is 4. The summed E-state index contributed by atoms with van der Waals surface area (Å²) in [5, 5.41) is 15.8. The Morgan fingerprint density at radius 3 is 1.37 bits per heavy atom. The van der Waals surface area contributed by atoms with E-state index < -0.39 is 23.6 Å². The Hall–Kier alpha value is -16.8. The molecule has 20 heterocycles. The molecule has 0 spiro atoms. The summed E-state index contributed by atoms with van der Waals surface area (Å²) in [6.45, 7) is 7.47. The maximum absolute atomic E-state index is 12.0. The highest BCUT2D eigenvalue weighted by Gasteiger charge is 2.22. The summed E-state index contributed by atoms with van der Waals surface area (Å²) in [6.07, 6.45) is 29.2. The van der Waals surface area contributed by atoms with Crippen LogP contribution in [-0.4, -0.2) is 140 Å². The van der Waals surface area contributed by atoms with Crippen LogP contribution in [0, 0.1) is 20.8 Å². The molecule has 0 fully saturated rings. The number of pyridine rings is 9. The van der Waals surface area contributed by atoms with Gasteiger partial charge in [-0.05, 0) is 148 Å². The normalized spacial score (nSPS) is 11.1. The van der Waals surface area contributed by atoms with Crippen LogP contribution in [0.15, 0.2) is 274 Å². The van der Waals surface area contributed by atoms with E-state index in [2.05, 4.69) is 87.8 Å². The molecule has 8 N–H and O–H groups in total. The van der Waals surface area contributed by atoms with Crippen molar-refractivity contribution < 1.29 is 24.0 Å². The van der Waals surface area contributed by atoms with Crippen molar-refractivity contribution in [3.63, 3.8) is 0 Å². The van der Waals surface area contributed by atoms with Crippen molar-refractivity contribution >= 4 is 91.2 Å². The number of fused-ring (bicyclic) bond motifs is 6. The first-order valence-electron chi connectivity index (χ1n) is 38.0. The molecule has 0 saturated heterocycles. The molecule has 0 aliphatic carbocycles. The van der Waals surface area contributed by atoms with E-state index in [9.17, 15) is 24.0 Å². The molecular formula is C89H71N27O5S2. The summed E-state index contributed by atoms with van der Waals surface area (Å²) in [5.74, 6) is -2.09. The average molecular weight is 1660 g/mol. The van der Waals surface area contributed by atoms with Gasteiger partial charge in [0.05, 0.1) is 94.6 Å². The maximum Gasteiger partial charge on any atom is 0.267 e. The minimum atomic E-state index is -0.523. The SMILES string of the molecule is CC(=O)c1cnc2ccc(-n3c(-c4cccc(C)n4)cc4ccccc43)cn12.Cc1csc(-c2cccnc2-c2ccc3ncc(C(N)=O)n3c2)n1.Cc1csc(-c2ncccc2-c2ccc3ncc(C(N)=O)n3c2)n1.Cn1ccc(-c2cccnc2-c2ccc3ncc(C(N)=O)n3c2)n1.Cn1ccc(-c2cncn2-c2ccc3ncc(C(N)=O)n3c2)n1. The van der Waals surface area contributed by atoms with Crippen molar-refractivity contribution in [1.82, 2.24) is 111 Å². The number of carbonyl (C=O) groups excluding carboxylic acids is 5. The Balaban J connectivity index is 0.000000109. The monoisotopic (exact) mass is 1660 g/mol. The molecule has 32 nitrogen and oxygen atoms in total. The molecule has 20 aromatic heterocycles. The Labute approximate surface area is 706 Å². The number of thiazole rings is 2. The van der Waals surface area contributed by atoms with E-state index >= 15 is 0 Å². The van der Waals surface area contributed by atoms with Gasteiger partial charge in [0, 0.05) is 150 Å². The lowest BCUT2D eigenvalue weighted by atomic mass is 10.1. The Morgan fingerprint density at radius 1 is 0.374 bits per heavy atom. The number of hydrogen-bond acceptors (Lipinski definition) is 21. The van der Waals surface area contributed by atoms with Crippen molar-refractivity contribution in [2.24, 2.45) is 37.0 Å².